The van der Waals surface area contributed by atoms with E-state index in [2.05, 4.69) is 24.8 Å². The lowest BCUT2D eigenvalue weighted by molar-refractivity contribution is 0.0995. The number of nitrogens with two attached hydrogens (primary N) is 1. The van der Waals surface area contributed by atoms with E-state index in [1.54, 1.807) is 12.3 Å². The van der Waals surface area contributed by atoms with Crippen molar-refractivity contribution in [3.05, 3.63) is 41.9 Å². The molecule has 1 amide bonds. The molecule has 0 aliphatic carbocycles. The normalized spacial score (nSPS) is 18.0. The van der Waals surface area contributed by atoms with Crippen LogP contribution in [0.2, 0.25) is 0 Å². The third kappa shape index (κ3) is 3.80. The van der Waals surface area contributed by atoms with Gasteiger partial charge in [-0.05, 0) is 44.2 Å². The van der Waals surface area contributed by atoms with Gasteiger partial charge >= 0.3 is 0 Å². The van der Waals surface area contributed by atoms with Crippen molar-refractivity contribution in [3.8, 4) is 0 Å². The minimum absolute atomic E-state index is 0.272. The van der Waals surface area contributed by atoms with Gasteiger partial charge in [0.15, 0.2) is 0 Å². The second-order valence-electron chi connectivity index (χ2n) is 5.88. The van der Waals surface area contributed by atoms with Crippen molar-refractivity contribution in [2.45, 2.75) is 26.2 Å². The molecule has 3 rings (SSSR count). The minimum atomic E-state index is -0.518. The van der Waals surface area contributed by atoms with E-state index in [1.807, 2.05) is 13.0 Å². The van der Waals surface area contributed by atoms with E-state index in [4.69, 9.17) is 5.73 Å². The molecule has 0 radical (unpaired) electrons. The summed E-state index contributed by atoms with van der Waals surface area (Å²) in [5.41, 5.74) is 6.41. The maximum Gasteiger partial charge on any atom is 0.267 e. The number of rotatable bonds is 4. The molecule has 120 valence electrons. The topological polar surface area (TPSA) is 97.9 Å². The Morgan fingerprint density at radius 3 is 3.04 bits per heavy atom. The zero-order valence-electron chi connectivity index (χ0n) is 13.1. The van der Waals surface area contributed by atoms with E-state index in [9.17, 15) is 4.79 Å². The summed E-state index contributed by atoms with van der Waals surface area (Å²) in [7, 11) is 0. The van der Waals surface area contributed by atoms with Crippen LogP contribution in [-0.4, -0.2) is 38.9 Å². The molecule has 0 aromatic carbocycles. The molecule has 23 heavy (non-hydrogen) atoms. The first-order chi connectivity index (χ1) is 11.1. The van der Waals surface area contributed by atoms with Crippen molar-refractivity contribution in [1.82, 2.24) is 19.9 Å². The SMILES string of the molecule is Cc1nccc(N2CCC[C@@H](Cc3cc(C(N)=O)ncn3)C2)n1. The van der Waals surface area contributed by atoms with Crippen molar-refractivity contribution in [3.63, 3.8) is 0 Å². The summed E-state index contributed by atoms with van der Waals surface area (Å²) in [6.45, 7) is 3.83. The molecule has 1 fully saturated rings. The summed E-state index contributed by atoms with van der Waals surface area (Å²) in [6.07, 6.45) is 6.26. The summed E-state index contributed by atoms with van der Waals surface area (Å²) in [5.74, 6) is 1.71. The Morgan fingerprint density at radius 2 is 2.26 bits per heavy atom. The van der Waals surface area contributed by atoms with Gasteiger partial charge in [0.05, 0.1) is 0 Å². The molecular formula is C16H20N6O. The van der Waals surface area contributed by atoms with Gasteiger partial charge in [-0.2, -0.15) is 0 Å². The van der Waals surface area contributed by atoms with Crippen molar-refractivity contribution >= 4 is 11.7 Å². The number of anilines is 1. The van der Waals surface area contributed by atoms with Gasteiger partial charge in [0, 0.05) is 25.0 Å². The monoisotopic (exact) mass is 312 g/mol. The highest BCUT2D eigenvalue weighted by Crippen LogP contribution is 2.23. The summed E-state index contributed by atoms with van der Waals surface area (Å²) < 4.78 is 0. The summed E-state index contributed by atoms with van der Waals surface area (Å²) >= 11 is 0. The molecule has 2 N–H and O–H groups in total. The van der Waals surface area contributed by atoms with Crippen molar-refractivity contribution < 1.29 is 4.79 Å². The van der Waals surface area contributed by atoms with Gasteiger partial charge in [0.2, 0.25) is 0 Å². The van der Waals surface area contributed by atoms with Crippen LogP contribution in [0.3, 0.4) is 0 Å². The van der Waals surface area contributed by atoms with Crippen molar-refractivity contribution in [1.29, 1.82) is 0 Å². The first-order valence-corrected chi connectivity index (χ1v) is 7.77. The first kappa shape index (κ1) is 15.3. The molecular weight excluding hydrogens is 292 g/mol. The Kier molecular flexibility index (Phi) is 4.45. The lowest BCUT2D eigenvalue weighted by Crippen LogP contribution is -2.37. The van der Waals surface area contributed by atoms with Gasteiger partial charge in [-0.15, -0.1) is 0 Å². The van der Waals surface area contributed by atoms with Gasteiger partial charge in [-0.3, -0.25) is 4.79 Å². The highest BCUT2D eigenvalue weighted by molar-refractivity contribution is 5.90. The largest absolute Gasteiger partial charge is 0.364 e. The Bertz CT molecular complexity index is 704. The summed E-state index contributed by atoms with van der Waals surface area (Å²) in [4.78, 5) is 30.3. The van der Waals surface area contributed by atoms with Crippen LogP contribution >= 0.6 is 0 Å². The lowest BCUT2D eigenvalue weighted by Gasteiger charge is -2.33. The standard InChI is InChI=1S/C16H20N6O/c1-11-18-5-4-15(21-11)22-6-2-3-12(9-22)7-13-8-14(16(17)23)20-10-19-13/h4-5,8,10,12H,2-3,6-7,9H2,1H3,(H2,17,23)/t12-/m0/s1. The number of primary amides is 1. The predicted octanol–water partition coefficient (Wildman–Crippen LogP) is 1.13. The average Bonchev–Trinajstić information content (AvgIpc) is 2.55. The molecule has 0 spiro atoms. The molecule has 3 heterocycles. The predicted molar refractivity (Wildman–Crippen MR) is 86.0 cm³/mol. The molecule has 2 aromatic rings. The number of carbonyl (C=O) groups is 1. The fourth-order valence-electron chi connectivity index (χ4n) is 3.00. The molecule has 1 aliphatic heterocycles. The molecule has 1 aliphatic rings. The van der Waals surface area contributed by atoms with Crippen LogP contribution in [0.25, 0.3) is 0 Å². The van der Waals surface area contributed by atoms with Gasteiger partial charge < -0.3 is 10.6 Å². The van der Waals surface area contributed by atoms with E-state index < -0.39 is 5.91 Å². The van der Waals surface area contributed by atoms with E-state index in [0.29, 0.717) is 5.92 Å². The zero-order chi connectivity index (χ0) is 16.2. The second-order valence-corrected chi connectivity index (χ2v) is 5.88. The second kappa shape index (κ2) is 6.68. The molecule has 0 saturated carbocycles. The summed E-state index contributed by atoms with van der Waals surface area (Å²) in [5, 5.41) is 0. The molecule has 1 saturated heterocycles. The van der Waals surface area contributed by atoms with Crippen LogP contribution in [0.15, 0.2) is 24.7 Å². The van der Waals surface area contributed by atoms with Crippen LogP contribution in [0, 0.1) is 12.8 Å². The molecule has 2 aromatic heterocycles. The maximum atomic E-state index is 11.2. The van der Waals surface area contributed by atoms with Gasteiger partial charge in [-0.25, -0.2) is 19.9 Å². The maximum absolute atomic E-state index is 11.2. The number of amides is 1. The Balaban J connectivity index is 1.69. The van der Waals surface area contributed by atoms with Crippen LogP contribution < -0.4 is 10.6 Å². The van der Waals surface area contributed by atoms with Gasteiger partial charge in [0.1, 0.15) is 23.7 Å². The van der Waals surface area contributed by atoms with Gasteiger partial charge in [0.25, 0.3) is 5.91 Å². The van der Waals surface area contributed by atoms with Gasteiger partial charge in [-0.1, -0.05) is 0 Å². The first-order valence-electron chi connectivity index (χ1n) is 7.77. The fourth-order valence-corrected chi connectivity index (χ4v) is 3.00. The zero-order valence-corrected chi connectivity index (χ0v) is 13.1. The third-order valence-electron chi connectivity index (χ3n) is 4.08. The Morgan fingerprint density at radius 1 is 1.39 bits per heavy atom. The van der Waals surface area contributed by atoms with Crippen LogP contribution in [0.4, 0.5) is 5.82 Å². The number of aromatic nitrogens is 4. The van der Waals surface area contributed by atoms with Crippen LogP contribution in [0.5, 0.6) is 0 Å². The van der Waals surface area contributed by atoms with Crippen molar-refractivity contribution in [2.75, 3.05) is 18.0 Å². The number of hydrogen-bond donors (Lipinski definition) is 1. The molecule has 7 nitrogen and oxygen atoms in total. The van der Waals surface area contributed by atoms with Crippen molar-refractivity contribution in [2.24, 2.45) is 11.7 Å². The molecule has 1 atom stereocenters. The van der Waals surface area contributed by atoms with E-state index in [1.165, 1.54) is 6.33 Å². The molecule has 7 heteroatoms. The number of piperidine rings is 1. The molecule has 0 bridgehead atoms. The number of aryl methyl sites for hydroxylation is 1. The Labute approximate surface area is 135 Å². The number of nitrogens with zero attached hydrogens (tertiary/aromatic N) is 5. The van der Waals surface area contributed by atoms with E-state index in [-0.39, 0.29) is 5.69 Å². The third-order valence-corrected chi connectivity index (χ3v) is 4.08. The van der Waals surface area contributed by atoms with Crippen LogP contribution in [0.1, 0.15) is 34.8 Å². The average molecular weight is 312 g/mol. The lowest BCUT2D eigenvalue weighted by atomic mass is 9.93. The van der Waals surface area contributed by atoms with Crippen LogP contribution in [-0.2, 0) is 6.42 Å². The highest BCUT2D eigenvalue weighted by atomic mass is 16.1. The Hall–Kier alpha value is -2.57. The van der Waals surface area contributed by atoms with E-state index >= 15 is 0 Å². The van der Waals surface area contributed by atoms with E-state index in [0.717, 1.165) is 49.7 Å². The fraction of sp³-hybridized carbons (Fsp3) is 0.438. The summed E-state index contributed by atoms with van der Waals surface area (Å²) in [6, 6.07) is 3.64. The highest BCUT2D eigenvalue weighted by Gasteiger charge is 2.22. The number of carbonyl (C=O) groups excluding carboxylic acids is 1. The quantitative estimate of drug-likeness (QED) is 0.909. The minimum Gasteiger partial charge on any atom is -0.364 e. The number of hydrogen-bond acceptors (Lipinski definition) is 6. The molecule has 0 unspecified atom stereocenters. The smallest absolute Gasteiger partial charge is 0.267 e.